The van der Waals surface area contributed by atoms with Crippen molar-refractivity contribution in [1.82, 2.24) is 0 Å². The molecule has 0 saturated heterocycles. The molecule has 0 N–H and O–H groups in total. The molecule has 7 heteroatoms. The lowest BCUT2D eigenvalue weighted by Crippen LogP contribution is -2.17. The summed E-state index contributed by atoms with van der Waals surface area (Å²) < 4.78 is 53.8. The fraction of sp³-hybridized carbons (Fsp3) is 0.0714. The molecule has 0 fully saturated rings. The third-order valence-corrected chi connectivity index (χ3v) is 2.84. The van der Waals surface area contributed by atoms with Gasteiger partial charge in [0.2, 0.25) is 0 Å². The number of nitrogens with zero attached hydrogens (tertiary/aromatic N) is 1. The van der Waals surface area contributed by atoms with Crippen LogP contribution >= 0.6 is 11.6 Å². The van der Waals surface area contributed by atoms with Gasteiger partial charge < -0.3 is 4.74 Å². The molecule has 0 aromatic heterocycles. The molecule has 2 rings (SSSR count). The van der Waals surface area contributed by atoms with Gasteiger partial charge in [-0.1, -0.05) is 11.6 Å². The van der Waals surface area contributed by atoms with Gasteiger partial charge in [0, 0.05) is 10.6 Å². The minimum absolute atomic E-state index is 0.0629. The van der Waals surface area contributed by atoms with Gasteiger partial charge in [0.15, 0.2) is 0 Å². The van der Waals surface area contributed by atoms with E-state index in [2.05, 4.69) is 4.74 Å². The maximum Gasteiger partial charge on any atom is 0.573 e. The van der Waals surface area contributed by atoms with Crippen LogP contribution in [0.15, 0.2) is 36.4 Å². The average molecular weight is 316 g/mol. The molecule has 0 amide bonds. The van der Waals surface area contributed by atoms with Crippen molar-refractivity contribution >= 4 is 11.6 Å². The van der Waals surface area contributed by atoms with Crippen LogP contribution in [0, 0.1) is 17.1 Å². The lowest BCUT2D eigenvalue weighted by molar-refractivity contribution is -0.274. The van der Waals surface area contributed by atoms with Crippen LogP contribution in [0.2, 0.25) is 5.02 Å². The van der Waals surface area contributed by atoms with Gasteiger partial charge in [-0.2, -0.15) is 5.26 Å². The van der Waals surface area contributed by atoms with E-state index in [4.69, 9.17) is 16.9 Å². The number of hydrogen-bond donors (Lipinski definition) is 0. The summed E-state index contributed by atoms with van der Waals surface area (Å²) in [5, 5.41) is 9.00. The van der Waals surface area contributed by atoms with Crippen LogP contribution < -0.4 is 4.74 Å². The Labute approximate surface area is 122 Å². The Hall–Kier alpha value is -2.26. The van der Waals surface area contributed by atoms with Crippen LogP contribution in [-0.4, -0.2) is 6.36 Å². The van der Waals surface area contributed by atoms with Gasteiger partial charge in [0.05, 0.1) is 11.6 Å². The third-order valence-electron chi connectivity index (χ3n) is 2.51. The highest BCUT2D eigenvalue weighted by Crippen LogP contribution is 2.33. The van der Waals surface area contributed by atoms with Gasteiger partial charge in [0.1, 0.15) is 11.6 Å². The molecule has 2 aromatic rings. The fourth-order valence-corrected chi connectivity index (χ4v) is 1.96. The first-order valence-electron chi connectivity index (χ1n) is 5.55. The van der Waals surface area contributed by atoms with Gasteiger partial charge in [-0.05, 0) is 42.0 Å². The Morgan fingerprint density at radius 1 is 1.10 bits per heavy atom. The fourth-order valence-electron chi connectivity index (χ4n) is 1.73. The SMILES string of the molecule is N#Cc1cc(OC(F)(F)F)cc(-c2cc(F)ccc2Cl)c1. The van der Waals surface area contributed by atoms with E-state index in [9.17, 15) is 17.6 Å². The van der Waals surface area contributed by atoms with E-state index in [1.165, 1.54) is 12.1 Å². The number of alkyl halides is 3. The summed E-state index contributed by atoms with van der Waals surface area (Å²) in [6, 6.07) is 8.44. The Balaban J connectivity index is 2.56. The van der Waals surface area contributed by atoms with E-state index in [0.29, 0.717) is 0 Å². The van der Waals surface area contributed by atoms with E-state index in [1.807, 2.05) is 0 Å². The summed E-state index contributed by atoms with van der Waals surface area (Å²) >= 11 is 5.90. The highest BCUT2D eigenvalue weighted by Gasteiger charge is 2.31. The second-order valence-electron chi connectivity index (χ2n) is 4.03. The first-order chi connectivity index (χ1) is 9.78. The molecule has 0 atom stereocenters. The van der Waals surface area contributed by atoms with Crippen molar-refractivity contribution in [2.75, 3.05) is 0 Å². The van der Waals surface area contributed by atoms with Crippen LogP contribution in [0.4, 0.5) is 17.6 Å². The Bertz CT molecular complexity index is 722. The molecule has 2 nitrogen and oxygen atoms in total. The van der Waals surface area contributed by atoms with Crippen molar-refractivity contribution in [1.29, 1.82) is 5.26 Å². The van der Waals surface area contributed by atoms with Crippen molar-refractivity contribution in [3.63, 3.8) is 0 Å². The predicted octanol–water partition coefficient (Wildman–Crippen LogP) is 4.92. The number of halogens is 5. The van der Waals surface area contributed by atoms with E-state index in [0.717, 1.165) is 24.3 Å². The van der Waals surface area contributed by atoms with Crippen molar-refractivity contribution in [2.45, 2.75) is 6.36 Å². The molecule has 0 aliphatic heterocycles. The van der Waals surface area contributed by atoms with Gasteiger partial charge in [0.25, 0.3) is 0 Å². The number of benzene rings is 2. The molecule has 0 bridgehead atoms. The lowest BCUT2D eigenvalue weighted by Gasteiger charge is -2.11. The molecular weight excluding hydrogens is 310 g/mol. The molecule has 0 unspecified atom stereocenters. The quantitative estimate of drug-likeness (QED) is 0.737. The summed E-state index contributed by atoms with van der Waals surface area (Å²) in [5.41, 5.74) is 0.255. The highest BCUT2D eigenvalue weighted by molar-refractivity contribution is 6.33. The molecule has 2 aromatic carbocycles. The van der Waals surface area contributed by atoms with Crippen LogP contribution in [0.3, 0.4) is 0 Å². The summed E-state index contributed by atoms with van der Waals surface area (Å²) in [7, 11) is 0. The van der Waals surface area contributed by atoms with Gasteiger partial charge in [-0.15, -0.1) is 13.2 Å². The number of rotatable bonds is 2. The second-order valence-corrected chi connectivity index (χ2v) is 4.44. The van der Waals surface area contributed by atoms with E-state index in [1.54, 1.807) is 6.07 Å². The lowest BCUT2D eigenvalue weighted by atomic mass is 10.0. The van der Waals surface area contributed by atoms with E-state index in [-0.39, 0.29) is 21.7 Å². The molecule has 0 heterocycles. The Morgan fingerprint density at radius 2 is 1.81 bits per heavy atom. The van der Waals surface area contributed by atoms with Gasteiger partial charge in [-0.3, -0.25) is 0 Å². The second kappa shape index (κ2) is 5.62. The maximum atomic E-state index is 13.3. The van der Waals surface area contributed by atoms with Crippen LogP contribution in [0.5, 0.6) is 5.75 Å². The van der Waals surface area contributed by atoms with Crippen molar-refractivity contribution in [2.24, 2.45) is 0 Å². The van der Waals surface area contributed by atoms with Crippen molar-refractivity contribution < 1.29 is 22.3 Å². The minimum Gasteiger partial charge on any atom is -0.406 e. The van der Waals surface area contributed by atoms with Gasteiger partial charge >= 0.3 is 6.36 Å². The normalized spacial score (nSPS) is 11.0. The molecule has 0 radical (unpaired) electrons. The first kappa shape index (κ1) is 15.1. The zero-order chi connectivity index (χ0) is 15.6. The topological polar surface area (TPSA) is 33.0 Å². The summed E-state index contributed by atoms with van der Waals surface area (Å²) in [6.07, 6.45) is -4.89. The maximum absolute atomic E-state index is 13.3. The summed E-state index contributed by atoms with van der Waals surface area (Å²) in [4.78, 5) is 0. The molecule has 0 saturated carbocycles. The number of nitriles is 1. The molecule has 21 heavy (non-hydrogen) atoms. The van der Waals surface area contributed by atoms with E-state index < -0.39 is 17.9 Å². The standard InChI is InChI=1S/C14H6ClF4NO/c15-13-2-1-10(16)6-12(13)9-3-8(7-20)4-11(5-9)21-14(17,18)19/h1-6H. The monoisotopic (exact) mass is 315 g/mol. The Kier molecular flexibility index (Phi) is 4.05. The van der Waals surface area contributed by atoms with Crippen molar-refractivity contribution in [3.8, 4) is 22.9 Å². The van der Waals surface area contributed by atoms with Crippen molar-refractivity contribution in [3.05, 3.63) is 52.8 Å². The third kappa shape index (κ3) is 3.86. The number of hydrogen-bond acceptors (Lipinski definition) is 2. The van der Waals surface area contributed by atoms with Crippen LogP contribution in [0.25, 0.3) is 11.1 Å². The molecule has 0 aliphatic carbocycles. The molecule has 108 valence electrons. The highest BCUT2D eigenvalue weighted by atomic mass is 35.5. The smallest absolute Gasteiger partial charge is 0.406 e. The Morgan fingerprint density at radius 3 is 2.43 bits per heavy atom. The zero-order valence-electron chi connectivity index (χ0n) is 10.2. The average Bonchev–Trinajstić information content (AvgIpc) is 2.39. The summed E-state index contributed by atoms with van der Waals surface area (Å²) in [5.74, 6) is -1.17. The zero-order valence-corrected chi connectivity index (χ0v) is 11.0. The number of ether oxygens (including phenoxy) is 1. The molecule has 0 spiro atoms. The predicted molar refractivity (Wildman–Crippen MR) is 68.2 cm³/mol. The van der Waals surface area contributed by atoms with Crippen LogP contribution in [-0.2, 0) is 0 Å². The van der Waals surface area contributed by atoms with E-state index >= 15 is 0 Å². The largest absolute Gasteiger partial charge is 0.573 e. The first-order valence-corrected chi connectivity index (χ1v) is 5.92. The summed E-state index contributed by atoms with van der Waals surface area (Å²) in [6.45, 7) is 0. The van der Waals surface area contributed by atoms with Gasteiger partial charge in [-0.25, -0.2) is 4.39 Å². The minimum atomic E-state index is -4.89. The molecular formula is C14H6ClF4NO. The van der Waals surface area contributed by atoms with Crippen LogP contribution in [0.1, 0.15) is 5.56 Å². The molecule has 0 aliphatic rings.